The number of carboxylic acid groups (broad SMARTS) is 2. The van der Waals surface area contributed by atoms with Gasteiger partial charge < -0.3 is 38.7 Å². The number of rotatable bonds is 16. The molecule has 2 aromatic rings. The average Bonchev–Trinajstić information content (AvgIpc) is 3.86. The fraction of sp³-hybridized carbons (Fsp3) is 0.609. The summed E-state index contributed by atoms with van der Waals surface area (Å²) in [6.07, 6.45) is 23.6. The van der Waals surface area contributed by atoms with E-state index in [2.05, 4.69) is 99.9 Å². The number of carbonyl (C=O) groups is 2. The summed E-state index contributed by atoms with van der Waals surface area (Å²) in [4.78, 5) is 22.8. The Balaban J connectivity index is 0.000000217. The number of ether oxygens (including phenoxy) is 4. The molecule has 2 aromatic carbocycles. The van der Waals surface area contributed by atoms with E-state index in [-0.39, 0.29) is 11.2 Å². The molecule has 0 N–H and O–H groups in total. The molecular weight excluding hydrogens is 709 g/mol. The Hall–Kier alpha value is -4.02. The second-order valence-electron chi connectivity index (χ2n) is 16.4. The van der Waals surface area contributed by atoms with Crippen molar-refractivity contribution in [2.24, 2.45) is 0 Å². The molecule has 6 rings (SSSR count). The Morgan fingerprint density at radius 3 is 1.34 bits per heavy atom. The van der Waals surface area contributed by atoms with E-state index >= 15 is 0 Å². The van der Waals surface area contributed by atoms with Crippen LogP contribution in [0.3, 0.4) is 0 Å². The van der Waals surface area contributed by atoms with E-state index in [1.807, 2.05) is 0 Å². The smallest absolute Gasteiger partial charge is 0.131 e. The van der Waals surface area contributed by atoms with Crippen molar-refractivity contribution < 1.29 is 38.7 Å². The Morgan fingerprint density at radius 2 is 1.00 bits per heavy atom. The summed E-state index contributed by atoms with van der Waals surface area (Å²) in [6.45, 7) is 21.3. The quantitative estimate of drug-likeness (QED) is 0.136. The molecule has 0 spiro atoms. The number of likely N-dealkylation sites (tertiary alicyclic amines) is 2. The van der Waals surface area contributed by atoms with Crippen LogP contribution in [0.15, 0.2) is 36.4 Å². The number of unbranched alkanes of at least 4 members (excludes halogenated alkanes) is 4. The van der Waals surface area contributed by atoms with Crippen molar-refractivity contribution in [2.75, 3.05) is 52.5 Å². The molecule has 0 bridgehead atoms. The summed E-state index contributed by atoms with van der Waals surface area (Å²) < 4.78 is 24.8. The number of aryl methyl sites for hydroxylation is 2. The number of carbonyl (C=O) groups excluding carboxylic acids is 2. The maximum absolute atomic E-state index is 8.93. The zero-order valence-corrected chi connectivity index (χ0v) is 34.9. The summed E-state index contributed by atoms with van der Waals surface area (Å²) in [5, 5.41) is 17.9. The van der Waals surface area contributed by atoms with Gasteiger partial charge >= 0.3 is 0 Å². The minimum absolute atomic E-state index is 0.248. The van der Waals surface area contributed by atoms with Gasteiger partial charge in [-0.3, -0.25) is 9.80 Å². The molecular formula is C46H66N2O8-2. The molecule has 10 heteroatoms. The molecule has 310 valence electrons. The first-order valence-electron chi connectivity index (χ1n) is 21.0. The highest BCUT2D eigenvalue weighted by molar-refractivity contribution is 6.25. The molecule has 0 atom stereocenters. The lowest BCUT2D eigenvalue weighted by atomic mass is 9.98. The first-order chi connectivity index (χ1) is 26.8. The number of hydrogen-bond donors (Lipinski definition) is 0. The molecule has 0 unspecified atom stereocenters. The van der Waals surface area contributed by atoms with Gasteiger partial charge in [0.05, 0.1) is 23.1 Å². The number of benzene rings is 2. The van der Waals surface area contributed by atoms with Crippen molar-refractivity contribution in [2.45, 2.75) is 130 Å². The number of nitrogens with zero attached hydrogens (tertiary/aromatic N) is 2. The van der Waals surface area contributed by atoms with Crippen LogP contribution in [0, 0.1) is 0 Å². The molecule has 4 heterocycles. The molecule has 0 amide bonds. The van der Waals surface area contributed by atoms with Crippen molar-refractivity contribution in [1.82, 2.24) is 9.80 Å². The second kappa shape index (κ2) is 22.1. The van der Waals surface area contributed by atoms with E-state index in [1.54, 1.807) is 0 Å². The zero-order valence-electron chi connectivity index (χ0n) is 34.9. The SMILES string of the molecule is CCCCCc1cc(OCCN2CCCC2)c2c(c1)OC(C)(C)C=C2.CCCCCc1cc(OCCN2CCCC2)c2c(c1)OC(C)(C)C=C2.O=C([O-])C(=O)[O-]. The summed E-state index contributed by atoms with van der Waals surface area (Å²) in [5.74, 6) is -0.467. The number of aliphatic carboxylic acids is 2. The lowest BCUT2D eigenvalue weighted by Crippen LogP contribution is -2.42. The predicted octanol–water partition coefficient (Wildman–Crippen LogP) is 6.64. The van der Waals surface area contributed by atoms with Gasteiger partial charge in [0.2, 0.25) is 0 Å². The third-order valence-corrected chi connectivity index (χ3v) is 10.4. The van der Waals surface area contributed by atoms with Gasteiger partial charge in [-0.05, 0) is 165 Å². The van der Waals surface area contributed by atoms with Crippen LogP contribution in [-0.4, -0.2) is 85.4 Å². The lowest BCUT2D eigenvalue weighted by Gasteiger charge is -2.29. The van der Waals surface area contributed by atoms with Crippen molar-refractivity contribution >= 4 is 24.1 Å². The normalized spacial score (nSPS) is 17.6. The van der Waals surface area contributed by atoms with Gasteiger partial charge in [0, 0.05) is 13.1 Å². The Kier molecular flexibility index (Phi) is 17.6. The molecule has 2 saturated heterocycles. The topological polar surface area (TPSA) is 124 Å². The molecule has 0 aliphatic carbocycles. The van der Waals surface area contributed by atoms with E-state index in [9.17, 15) is 0 Å². The van der Waals surface area contributed by atoms with Gasteiger partial charge in [0.25, 0.3) is 0 Å². The highest BCUT2D eigenvalue weighted by Gasteiger charge is 2.26. The Bertz CT molecular complexity index is 1500. The number of hydrogen-bond acceptors (Lipinski definition) is 10. The molecule has 2 fully saturated rings. The van der Waals surface area contributed by atoms with Crippen LogP contribution < -0.4 is 29.2 Å². The number of carboxylic acids is 2. The maximum atomic E-state index is 8.93. The van der Waals surface area contributed by atoms with Crippen LogP contribution >= 0.6 is 0 Å². The van der Waals surface area contributed by atoms with Gasteiger partial charge in [-0.25, -0.2) is 0 Å². The van der Waals surface area contributed by atoms with Gasteiger partial charge in [-0.2, -0.15) is 0 Å². The van der Waals surface area contributed by atoms with Gasteiger partial charge in [0.1, 0.15) is 47.4 Å². The molecule has 0 saturated carbocycles. The lowest BCUT2D eigenvalue weighted by molar-refractivity contribution is -0.345. The molecule has 0 aromatic heterocycles. The fourth-order valence-corrected chi connectivity index (χ4v) is 7.28. The van der Waals surface area contributed by atoms with Crippen LogP contribution in [0.2, 0.25) is 0 Å². The molecule has 56 heavy (non-hydrogen) atoms. The van der Waals surface area contributed by atoms with Gasteiger partial charge in [0.15, 0.2) is 0 Å². The Morgan fingerprint density at radius 1 is 0.625 bits per heavy atom. The third-order valence-electron chi connectivity index (χ3n) is 10.4. The highest BCUT2D eigenvalue weighted by atomic mass is 16.5. The summed E-state index contributed by atoms with van der Waals surface area (Å²) in [6, 6.07) is 8.88. The van der Waals surface area contributed by atoms with Crippen molar-refractivity contribution in [3.05, 3.63) is 58.7 Å². The van der Waals surface area contributed by atoms with E-state index < -0.39 is 11.9 Å². The van der Waals surface area contributed by atoms with Crippen LogP contribution in [0.1, 0.15) is 128 Å². The van der Waals surface area contributed by atoms with E-state index in [0.29, 0.717) is 0 Å². The largest absolute Gasteiger partial charge is 0.543 e. The van der Waals surface area contributed by atoms with E-state index in [4.69, 9.17) is 38.7 Å². The standard InChI is InChI=1S/2C22H33NO2.C2H2O4/c2*1-4-5-6-9-18-16-20(24-15-14-23-12-7-8-13-23)19-10-11-22(2,3)25-21(19)17-18;3-1(4)2(5)6/h2*10-11,16-17H,4-9,12-15H2,1-3H3;(H,3,4)(H,5,6)/p-2. The number of fused-ring (bicyclic) bond motifs is 2. The predicted molar refractivity (Wildman–Crippen MR) is 219 cm³/mol. The van der Waals surface area contributed by atoms with Crippen molar-refractivity contribution in [3.63, 3.8) is 0 Å². The van der Waals surface area contributed by atoms with Crippen molar-refractivity contribution in [1.29, 1.82) is 0 Å². The highest BCUT2D eigenvalue weighted by Crippen LogP contribution is 2.40. The zero-order chi connectivity index (χ0) is 40.6. The fourth-order valence-electron chi connectivity index (χ4n) is 7.28. The van der Waals surface area contributed by atoms with E-state index in [0.717, 1.165) is 73.3 Å². The molecule has 0 radical (unpaired) electrons. The Labute approximate surface area is 335 Å². The second-order valence-corrected chi connectivity index (χ2v) is 16.4. The molecule has 4 aliphatic heterocycles. The average molecular weight is 775 g/mol. The third kappa shape index (κ3) is 14.8. The van der Waals surface area contributed by atoms with Crippen LogP contribution in [0.4, 0.5) is 0 Å². The first-order valence-corrected chi connectivity index (χ1v) is 21.0. The van der Waals surface area contributed by atoms with Crippen molar-refractivity contribution in [3.8, 4) is 23.0 Å². The monoisotopic (exact) mass is 774 g/mol. The molecule has 4 aliphatic rings. The summed E-state index contributed by atoms with van der Waals surface area (Å²) in [5.41, 5.74) is 4.35. The minimum Gasteiger partial charge on any atom is -0.543 e. The van der Waals surface area contributed by atoms with E-state index in [1.165, 1.54) is 102 Å². The summed E-state index contributed by atoms with van der Waals surface area (Å²) in [7, 11) is 0. The van der Waals surface area contributed by atoms with Gasteiger partial charge in [-0.15, -0.1) is 0 Å². The summed E-state index contributed by atoms with van der Waals surface area (Å²) >= 11 is 0. The van der Waals surface area contributed by atoms with Crippen LogP contribution in [-0.2, 0) is 22.4 Å². The maximum Gasteiger partial charge on any atom is 0.131 e. The van der Waals surface area contributed by atoms with Crippen LogP contribution in [0.25, 0.3) is 12.2 Å². The molecule has 10 nitrogen and oxygen atoms in total. The van der Waals surface area contributed by atoms with Gasteiger partial charge in [-0.1, -0.05) is 39.5 Å². The van der Waals surface area contributed by atoms with Crippen LogP contribution in [0.5, 0.6) is 23.0 Å². The minimum atomic E-state index is -2.19. The first kappa shape index (κ1) is 44.7.